The summed E-state index contributed by atoms with van der Waals surface area (Å²) in [6.07, 6.45) is 1.88. The maximum absolute atomic E-state index is 12.7. The fourth-order valence-corrected chi connectivity index (χ4v) is 1.56. The summed E-state index contributed by atoms with van der Waals surface area (Å²) in [6.45, 7) is 2.92. The van der Waals surface area contributed by atoms with E-state index in [1.54, 1.807) is 4.90 Å². The summed E-state index contributed by atoms with van der Waals surface area (Å²) in [6, 6.07) is 5.47. The van der Waals surface area contributed by atoms with E-state index in [0.29, 0.717) is 18.7 Å². The first-order valence-electron chi connectivity index (χ1n) is 5.84. The minimum atomic E-state index is -0.358. The topological polar surface area (TPSA) is 40.5 Å². The molecule has 4 heteroatoms. The molecule has 0 heterocycles. The SMILES string of the molecule is CCCCN(CCO)C(=O)c1ccc(F)cc1. The third-order valence-electron chi connectivity index (χ3n) is 2.53. The Labute approximate surface area is 101 Å². The number of carbonyl (C=O) groups excluding carboxylic acids is 1. The first kappa shape index (κ1) is 13.6. The van der Waals surface area contributed by atoms with Gasteiger partial charge in [0, 0.05) is 18.7 Å². The maximum Gasteiger partial charge on any atom is 0.253 e. The van der Waals surface area contributed by atoms with Gasteiger partial charge in [-0.3, -0.25) is 4.79 Å². The van der Waals surface area contributed by atoms with Crippen LogP contribution in [0.25, 0.3) is 0 Å². The molecule has 0 unspecified atom stereocenters. The van der Waals surface area contributed by atoms with Gasteiger partial charge in [-0.2, -0.15) is 0 Å². The normalized spacial score (nSPS) is 10.3. The number of halogens is 1. The van der Waals surface area contributed by atoms with Crippen LogP contribution in [-0.2, 0) is 0 Å². The van der Waals surface area contributed by atoms with Crippen LogP contribution in [-0.4, -0.2) is 35.6 Å². The molecule has 3 nitrogen and oxygen atoms in total. The minimum Gasteiger partial charge on any atom is -0.395 e. The van der Waals surface area contributed by atoms with Crippen molar-refractivity contribution in [1.29, 1.82) is 0 Å². The summed E-state index contributed by atoms with van der Waals surface area (Å²) < 4.78 is 12.7. The van der Waals surface area contributed by atoms with Crippen molar-refractivity contribution in [2.24, 2.45) is 0 Å². The molecular weight excluding hydrogens is 221 g/mol. The molecule has 0 atom stereocenters. The summed E-state index contributed by atoms with van der Waals surface area (Å²) in [7, 11) is 0. The Balaban J connectivity index is 2.72. The molecule has 1 amide bonds. The fraction of sp³-hybridized carbons (Fsp3) is 0.462. The standard InChI is InChI=1S/C13H18FNO2/c1-2-3-8-15(9-10-16)13(17)11-4-6-12(14)7-5-11/h4-7,16H,2-3,8-10H2,1H3. The van der Waals surface area contributed by atoms with E-state index in [1.165, 1.54) is 24.3 Å². The number of rotatable bonds is 6. The number of hydrogen-bond donors (Lipinski definition) is 1. The maximum atomic E-state index is 12.7. The van der Waals surface area contributed by atoms with Crippen LogP contribution in [0, 0.1) is 5.82 Å². The Hall–Kier alpha value is -1.42. The Bertz CT molecular complexity index is 351. The average molecular weight is 239 g/mol. The lowest BCUT2D eigenvalue weighted by molar-refractivity contribution is 0.0719. The second kappa shape index (κ2) is 7.01. The zero-order chi connectivity index (χ0) is 12.7. The molecule has 0 bridgehead atoms. The molecule has 0 aromatic heterocycles. The number of benzene rings is 1. The first-order valence-corrected chi connectivity index (χ1v) is 5.84. The van der Waals surface area contributed by atoms with Crippen LogP contribution < -0.4 is 0 Å². The predicted molar refractivity (Wildman–Crippen MR) is 64.3 cm³/mol. The highest BCUT2D eigenvalue weighted by Crippen LogP contribution is 2.07. The van der Waals surface area contributed by atoms with Crippen molar-refractivity contribution in [2.75, 3.05) is 19.7 Å². The zero-order valence-corrected chi connectivity index (χ0v) is 10.0. The molecule has 0 radical (unpaired) electrons. The lowest BCUT2D eigenvalue weighted by atomic mass is 10.2. The number of carbonyl (C=O) groups is 1. The monoisotopic (exact) mass is 239 g/mol. The smallest absolute Gasteiger partial charge is 0.253 e. The molecule has 0 aliphatic heterocycles. The lowest BCUT2D eigenvalue weighted by Crippen LogP contribution is -2.34. The van der Waals surface area contributed by atoms with Crippen LogP contribution in [0.1, 0.15) is 30.1 Å². The first-order chi connectivity index (χ1) is 8.19. The zero-order valence-electron chi connectivity index (χ0n) is 10.0. The predicted octanol–water partition coefficient (Wildman–Crippen LogP) is 2.06. The highest BCUT2D eigenvalue weighted by atomic mass is 19.1. The number of amides is 1. The molecule has 0 aliphatic carbocycles. The van der Waals surface area contributed by atoms with Gasteiger partial charge in [0.05, 0.1) is 6.61 Å². The molecule has 0 spiro atoms. The van der Waals surface area contributed by atoms with Crippen LogP contribution in [0.4, 0.5) is 4.39 Å². The third kappa shape index (κ3) is 4.15. The molecular formula is C13H18FNO2. The number of hydrogen-bond acceptors (Lipinski definition) is 2. The second-order valence-corrected chi connectivity index (χ2v) is 3.88. The van der Waals surface area contributed by atoms with Crippen LogP contribution in [0.2, 0.25) is 0 Å². The van der Waals surface area contributed by atoms with Gasteiger partial charge in [-0.1, -0.05) is 13.3 Å². The number of unbranched alkanes of at least 4 members (excludes halogenated alkanes) is 1. The molecule has 1 aromatic rings. The van der Waals surface area contributed by atoms with Gasteiger partial charge < -0.3 is 10.0 Å². The number of nitrogens with zero attached hydrogens (tertiary/aromatic N) is 1. The van der Waals surface area contributed by atoms with Gasteiger partial charge >= 0.3 is 0 Å². The van der Waals surface area contributed by atoms with E-state index in [2.05, 4.69) is 0 Å². The molecule has 1 N–H and O–H groups in total. The van der Waals surface area contributed by atoms with Crippen LogP contribution in [0.5, 0.6) is 0 Å². The van der Waals surface area contributed by atoms with Crippen molar-refractivity contribution < 1.29 is 14.3 Å². The van der Waals surface area contributed by atoms with Crippen LogP contribution in [0.15, 0.2) is 24.3 Å². The second-order valence-electron chi connectivity index (χ2n) is 3.88. The molecule has 0 aliphatic rings. The van der Waals surface area contributed by atoms with Crippen LogP contribution in [0.3, 0.4) is 0 Å². The molecule has 1 rings (SSSR count). The summed E-state index contributed by atoms with van der Waals surface area (Å²) in [5, 5.41) is 8.92. The number of aliphatic hydroxyl groups excluding tert-OH is 1. The molecule has 0 saturated heterocycles. The molecule has 94 valence electrons. The molecule has 1 aromatic carbocycles. The lowest BCUT2D eigenvalue weighted by Gasteiger charge is -2.21. The Morgan fingerprint density at radius 2 is 1.94 bits per heavy atom. The van der Waals surface area contributed by atoms with Gasteiger partial charge in [-0.15, -0.1) is 0 Å². The largest absolute Gasteiger partial charge is 0.395 e. The Morgan fingerprint density at radius 3 is 2.47 bits per heavy atom. The van der Waals surface area contributed by atoms with Gasteiger partial charge in [0.1, 0.15) is 5.82 Å². The van der Waals surface area contributed by atoms with Crippen molar-refractivity contribution >= 4 is 5.91 Å². The third-order valence-corrected chi connectivity index (χ3v) is 2.53. The van der Waals surface area contributed by atoms with E-state index in [1.807, 2.05) is 6.92 Å². The van der Waals surface area contributed by atoms with Gasteiger partial charge in [-0.05, 0) is 30.7 Å². The van der Waals surface area contributed by atoms with Crippen molar-refractivity contribution in [3.05, 3.63) is 35.6 Å². The van der Waals surface area contributed by atoms with E-state index < -0.39 is 0 Å². The van der Waals surface area contributed by atoms with Crippen molar-refractivity contribution in [2.45, 2.75) is 19.8 Å². The van der Waals surface area contributed by atoms with Crippen LogP contribution >= 0.6 is 0 Å². The van der Waals surface area contributed by atoms with E-state index in [0.717, 1.165) is 12.8 Å². The van der Waals surface area contributed by atoms with E-state index in [-0.39, 0.29) is 18.3 Å². The quantitative estimate of drug-likeness (QED) is 0.825. The van der Waals surface area contributed by atoms with E-state index in [4.69, 9.17) is 5.11 Å². The van der Waals surface area contributed by atoms with Gasteiger partial charge in [-0.25, -0.2) is 4.39 Å². The van der Waals surface area contributed by atoms with Crippen molar-refractivity contribution in [3.8, 4) is 0 Å². The van der Waals surface area contributed by atoms with Crippen molar-refractivity contribution in [3.63, 3.8) is 0 Å². The molecule has 17 heavy (non-hydrogen) atoms. The summed E-state index contributed by atoms with van der Waals surface area (Å²) in [4.78, 5) is 13.6. The highest BCUT2D eigenvalue weighted by molar-refractivity contribution is 5.94. The molecule has 0 fully saturated rings. The van der Waals surface area contributed by atoms with Crippen molar-refractivity contribution in [1.82, 2.24) is 4.90 Å². The van der Waals surface area contributed by atoms with E-state index >= 15 is 0 Å². The highest BCUT2D eigenvalue weighted by Gasteiger charge is 2.14. The molecule has 0 saturated carbocycles. The van der Waals surface area contributed by atoms with E-state index in [9.17, 15) is 9.18 Å². The Morgan fingerprint density at radius 1 is 1.29 bits per heavy atom. The van der Waals surface area contributed by atoms with Gasteiger partial charge in [0.15, 0.2) is 0 Å². The number of aliphatic hydroxyl groups is 1. The van der Waals surface area contributed by atoms with Gasteiger partial charge in [0.25, 0.3) is 5.91 Å². The summed E-state index contributed by atoms with van der Waals surface area (Å²) >= 11 is 0. The Kier molecular flexibility index (Phi) is 5.63. The fourth-order valence-electron chi connectivity index (χ4n) is 1.56. The summed E-state index contributed by atoms with van der Waals surface area (Å²) in [5.41, 5.74) is 0.455. The minimum absolute atomic E-state index is 0.0589. The van der Waals surface area contributed by atoms with Gasteiger partial charge in [0.2, 0.25) is 0 Å². The average Bonchev–Trinajstić information content (AvgIpc) is 2.34. The summed E-state index contributed by atoms with van der Waals surface area (Å²) in [5.74, 6) is -0.517.